The molecule has 7 aromatic carbocycles. The van der Waals surface area contributed by atoms with E-state index >= 15 is 0 Å². The summed E-state index contributed by atoms with van der Waals surface area (Å²) in [6.45, 7) is 5.27. The smallest absolute Gasteiger partial charge is 0.0499 e. The van der Waals surface area contributed by atoms with Crippen LogP contribution < -0.4 is 4.90 Å². The lowest BCUT2D eigenvalue weighted by molar-refractivity contribution is 1.10. The Hall–Kier alpha value is -5.70. The van der Waals surface area contributed by atoms with E-state index in [1.807, 2.05) is 11.3 Å². The highest BCUT2D eigenvalue weighted by Gasteiger charge is 2.23. The van der Waals surface area contributed by atoms with E-state index in [1.54, 1.807) is 0 Å². The van der Waals surface area contributed by atoms with Gasteiger partial charge in [0.15, 0.2) is 0 Å². The molecule has 1 aliphatic heterocycles. The van der Waals surface area contributed by atoms with E-state index in [1.165, 1.54) is 80.8 Å². The SMILES string of the molecule is C=C1/C=C\C=C/CN(c2ccc(-c3ccc4c5c(cccc35)-c3ccccc3-4)cc2)c2cc3cc4sc5ccccc5c4cc3cc21. The first-order chi connectivity index (χ1) is 23.2. The Labute approximate surface area is 277 Å². The third kappa shape index (κ3) is 4.02. The van der Waals surface area contributed by atoms with Crippen molar-refractivity contribution >= 4 is 70.0 Å². The van der Waals surface area contributed by atoms with E-state index in [-0.39, 0.29) is 0 Å². The number of allylic oxidation sites excluding steroid dienone is 4. The van der Waals surface area contributed by atoms with Gasteiger partial charge in [-0.3, -0.25) is 0 Å². The number of nitrogens with zero attached hydrogens (tertiary/aromatic N) is 1. The van der Waals surface area contributed by atoms with Crippen LogP contribution in [0.2, 0.25) is 0 Å². The van der Waals surface area contributed by atoms with Gasteiger partial charge in [-0.05, 0) is 103 Å². The molecule has 0 bridgehead atoms. The lowest BCUT2D eigenvalue weighted by Gasteiger charge is -2.27. The van der Waals surface area contributed by atoms with Gasteiger partial charge in [0.25, 0.3) is 0 Å². The van der Waals surface area contributed by atoms with Crippen LogP contribution in [0.5, 0.6) is 0 Å². The largest absolute Gasteiger partial charge is 0.337 e. The van der Waals surface area contributed by atoms with E-state index in [2.05, 4.69) is 163 Å². The highest BCUT2D eigenvalue weighted by molar-refractivity contribution is 7.25. The zero-order valence-electron chi connectivity index (χ0n) is 25.7. The average molecular weight is 616 g/mol. The second kappa shape index (κ2) is 10.2. The second-order valence-corrected chi connectivity index (χ2v) is 13.7. The number of anilines is 2. The van der Waals surface area contributed by atoms with Crippen molar-refractivity contribution in [1.29, 1.82) is 0 Å². The third-order valence-corrected chi connectivity index (χ3v) is 11.1. The average Bonchev–Trinajstić information content (AvgIpc) is 3.66. The molecule has 0 amide bonds. The lowest BCUT2D eigenvalue weighted by atomic mass is 9.94. The molecule has 2 heterocycles. The van der Waals surface area contributed by atoms with Crippen LogP contribution in [0.4, 0.5) is 11.4 Å². The first-order valence-electron chi connectivity index (χ1n) is 16.2. The molecule has 47 heavy (non-hydrogen) atoms. The highest BCUT2D eigenvalue weighted by atomic mass is 32.1. The van der Waals surface area contributed by atoms with E-state index in [4.69, 9.17) is 0 Å². The van der Waals surface area contributed by atoms with Gasteiger partial charge in [0.05, 0.1) is 0 Å². The van der Waals surface area contributed by atoms with E-state index in [9.17, 15) is 0 Å². The molecule has 8 aromatic rings. The topological polar surface area (TPSA) is 3.24 Å². The van der Waals surface area contributed by atoms with Gasteiger partial charge in [-0.1, -0.05) is 116 Å². The van der Waals surface area contributed by atoms with Gasteiger partial charge in [-0.2, -0.15) is 0 Å². The van der Waals surface area contributed by atoms with Gasteiger partial charge in [0.1, 0.15) is 0 Å². The molecule has 1 aliphatic carbocycles. The number of thiophene rings is 1. The van der Waals surface area contributed by atoms with Crippen molar-refractivity contribution in [2.75, 3.05) is 11.4 Å². The molecule has 1 nitrogen and oxygen atoms in total. The van der Waals surface area contributed by atoms with Crippen molar-refractivity contribution in [3.8, 4) is 33.4 Å². The molecule has 0 fully saturated rings. The maximum Gasteiger partial charge on any atom is 0.0499 e. The first-order valence-corrected chi connectivity index (χ1v) is 17.0. The summed E-state index contributed by atoms with van der Waals surface area (Å²) in [5, 5.41) is 7.81. The van der Waals surface area contributed by atoms with Crippen molar-refractivity contribution in [3.05, 3.63) is 164 Å². The van der Waals surface area contributed by atoms with Gasteiger partial charge in [0, 0.05) is 43.7 Å². The van der Waals surface area contributed by atoms with E-state index in [0.29, 0.717) is 0 Å². The predicted octanol–water partition coefficient (Wildman–Crippen LogP) is 13.0. The van der Waals surface area contributed by atoms with Crippen molar-refractivity contribution in [2.45, 2.75) is 0 Å². The minimum Gasteiger partial charge on any atom is -0.337 e. The van der Waals surface area contributed by atoms with Crippen molar-refractivity contribution < 1.29 is 0 Å². The lowest BCUT2D eigenvalue weighted by Crippen LogP contribution is -2.18. The fraction of sp³-hybridized carbons (Fsp3) is 0.0222. The summed E-state index contributed by atoms with van der Waals surface area (Å²) < 4.78 is 2.65. The molecule has 0 atom stereocenters. The molecule has 2 heteroatoms. The van der Waals surface area contributed by atoms with Crippen molar-refractivity contribution in [3.63, 3.8) is 0 Å². The zero-order valence-corrected chi connectivity index (χ0v) is 26.5. The Kier molecular flexibility index (Phi) is 5.73. The fourth-order valence-corrected chi connectivity index (χ4v) is 8.86. The standard InChI is InChI=1S/C45H29NS/c1-28-10-3-2-8-23-46(42-26-31-27-44-41(25-30(31)24-40(28)42)36-13-6-7-16-43(36)47-44)32-19-17-29(18-20-32)33-21-22-39-35-12-5-4-11-34(35)38-15-9-14-37(33)45(38)39/h2-22,24-27H,1,23H2/b8-2-,10-3-. The molecule has 2 aliphatic rings. The van der Waals surface area contributed by atoms with Crippen LogP contribution in [0.25, 0.3) is 80.7 Å². The summed E-state index contributed by atoms with van der Waals surface area (Å²) in [6.07, 6.45) is 8.59. The molecule has 0 N–H and O–H groups in total. The summed E-state index contributed by atoms with van der Waals surface area (Å²) in [5.74, 6) is 0. The highest BCUT2D eigenvalue weighted by Crippen LogP contribution is 2.49. The quantitative estimate of drug-likeness (QED) is 0.187. The monoisotopic (exact) mass is 615 g/mol. The van der Waals surface area contributed by atoms with Gasteiger partial charge in [-0.25, -0.2) is 0 Å². The summed E-state index contributed by atoms with van der Waals surface area (Å²) in [7, 11) is 0. The molecule has 220 valence electrons. The van der Waals surface area contributed by atoms with Gasteiger partial charge < -0.3 is 4.90 Å². The minimum absolute atomic E-state index is 0.764. The molecule has 0 spiro atoms. The number of rotatable bonds is 2. The Morgan fingerprint density at radius 1 is 0.532 bits per heavy atom. The van der Waals surface area contributed by atoms with Crippen molar-refractivity contribution in [2.24, 2.45) is 0 Å². The molecule has 0 saturated heterocycles. The number of fused-ring (bicyclic) bond motifs is 8. The second-order valence-electron chi connectivity index (χ2n) is 12.6. The van der Waals surface area contributed by atoms with Crippen LogP contribution in [0.1, 0.15) is 5.56 Å². The summed E-state index contributed by atoms with van der Waals surface area (Å²) in [4.78, 5) is 2.42. The normalized spacial score (nSPS) is 15.1. The molecule has 1 aromatic heterocycles. The maximum atomic E-state index is 4.51. The molecule has 0 unspecified atom stereocenters. The Bertz CT molecular complexity index is 2640. The first kappa shape index (κ1) is 26.5. The Balaban J connectivity index is 1.10. The molecule has 0 radical (unpaired) electrons. The van der Waals surface area contributed by atoms with Crippen LogP contribution >= 0.6 is 11.3 Å². The Morgan fingerprint density at radius 3 is 2.13 bits per heavy atom. The maximum absolute atomic E-state index is 4.51. The number of hydrogen-bond donors (Lipinski definition) is 0. The number of hydrogen-bond acceptors (Lipinski definition) is 2. The minimum atomic E-state index is 0.764. The van der Waals surface area contributed by atoms with Crippen molar-refractivity contribution in [1.82, 2.24) is 0 Å². The van der Waals surface area contributed by atoms with Gasteiger partial charge in [0.2, 0.25) is 0 Å². The van der Waals surface area contributed by atoms with E-state index < -0.39 is 0 Å². The molecule has 10 rings (SSSR count). The summed E-state index contributed by atoms with van der Waals surface area (Å²) in [6, 6.07) is 47.4. The fourth-order valence-electron chi connectivity index (χ4n) is 7.72. The van der Waals surface area contributed by atoms with Crippen LogP contribution in [-0.4, -0.2) is 6.54 Å². The van der Waals surface area contributed by atoms with E-state index in [0.717, 1.165) is 23.4 Å². The van der Waals surface area contributed by atoms with Crippen LogP contribution in [0, 0.1) is 0 Å². The summed E-state index contributed by atoms with van der Waals surface area (Å²) >= 11 is 1.87. The number of benzene rings is 7. The molecular formula is C45H29NS. The molecular weight excluding hydrogens is 587 g/mol. The van der Waals surface area contributed by atoms with Crippen LogP contribution in [-0.2, 0) is 0 Å². The van der Waals surface area contributed by atoms with Crippen LogP contribution in [0.3, 0.4) is 0 Å². The van der Waals surface area contributed by atoms with Gasteiger partial charge in [-0.15, -0.1) is 11.3 Å². The zero-order chi connectivity index (χ0) is 31.1. The third-order valence-electron chi connectivity index (χ3n) is 9.96. The predicted molar refractivity (Wildman–Crippen MR) is 205 cm³/mol. The van der Waals surface area contributed by atoms with Gasteiger partial charge >= 0.3 is 0 Å². The molecule has 0 saturated carbocycles. The van der Waals surface area contributed by atoms with Crippen LogP contribution in [0.15, 0.2) is 158 Å². The summed E-state index contributed by atoms with van der Waals surface area (Å²) in [5.41, 5.74) is 12.3. The Morgan fingerprint density at radius 2 is 1.26 bits per heavy atom.